The van der Waals surface area contributed by atoms with Gasteiger partial charge in [-0.3, -0.25) is 9.59 Å². The largest absolute Gasteiger partial charge is 0.467 e. The van der Waals surface area contributed by atoms with E-state index in [1.165, 1.54) is 11.3 Å². The van der Waals surface area contributed by atoms with E-state index in [2.05, 4.69) is 15.6 Å². The molecule has 0 aliphatic carbocycles. The van der Waals surface area contributed by atoms with Crippen LogP contribution < -0.4 is 10.6 Å². The highest BCUT2D eigenvalue weighted by Crippen LogP contribution is 2.23. The Bertz CT molecular complexity index is 1000. The number of furan rings is 1. The van der Waals surface area contributed by atoms with Gasteiger partial charge in [-0.2, -0.15) is 0 Å². The molecule has 0 saturated carbocycles. The molecule has 0 radical (unpaired) electrons. The van der Waals surface area contributed by atoms with Gasteiger partial charge in [-0.1, -0.05) is 19.1 Å². The molecule has 2 N–H and O–H groups in total. The number of hydrogen-bond donors (Lipinski definition) is 2. The summed E-state index contributed by atoms with van der Waals surface area (Å²) in [6.45, 7) is 6.55. The number of carbonyl (C=O) groups is 2. The second-order valence-corrected chi connectivity index (χ2v) is 8.32. The third kappa shape index (κ3) is 6.68. The first-order valence-electron chi connectivity index (χ1n) is 10.3. The first-order chi connectivity index (χ1) is 14.9. The quantitative estimate of drug-likeness (QED) is 0.476. The molecule has 3 rings (SSSR count). The molecule has 0 aliphatic heterocycles. The number of hydrogen-bond acceptors (Lipinski definition) is 6. The van der Waals surface area contributed by atoms with E-state index < -0.39 is 0 Å². The Morgan fingerprint density at radius 1 is 1.26 bits per heavy atom. The van der Waals surface area contributed by atoms with Crippen molar-refractivity contribution in [3.05, 3.63) is 65.1 Å². The highest BCUT2D eigenvalue weighted by molar-refractivity contribution is 7.14. The zero-order valence-electron chi connectivity index (χ0n) is 18.1. The fourth-order valence-corrected chi connectivity index (χ4v) is 3.67. The van der Waals surface area contributed by atoms with Crippen LogP contribution in [0, 0.1) is 6.92 Å². The Labute approximate surface area is 186 Å². The zero-order chi connectivity index (χ0) is 22.2. The van der Waals surface area contributed by atoms with Gasteiger partial charge in [0.1, 0.15) is 11.5 Å². The van der Waals surface area contributed by atoms with Gasteiger partial charge >= 0.3 is 0 Å². The molecule has 164 valence electrons. The van der Waals surface area contributed by atoms with Gasteiger partial charge in [-0.15, -0.1) is 11.3 Å². The number of rotatable bonds is 10. The molecule has 1 unspecified atom stereocenters. The minimum Gasteiger partial charge on any atom is -0.467 e. The number of aromatic nitrogens is 1. The van der Waals surface area contributed by atoms with Crippen LogP contribution in [0.3, 0.4) is 0 Å². The minimum atomic E-state index is -0.235. The van der Waals surface area contributed by atoms with Crippen molar-refractivity contribution in [3.8, 4) is 0 Å². The number of nitrogens with one attached hydrogen (secondary N) is 2. The average molecular weight is 441 g/mol. The maximum atomic E-state index is 13.2. The van der Waals surface area contributed by atoms with Crippen molar-refractivity contribution in [1.29, 1.82) is 0 Å². The molecule has 3 aromatic rings. The van der Waals surface area contributed by atoms with Crippen molar-refractivity contribution in [2.45, 2.75) is 46.2 Å². The van der Waals surface area contributed by atoms with Crippen LogP contribution in [-0.2, 0) is 11.3 Å². The van der Waals surface area contributed by atoms with E-state index >= 15 is 0 Å². The summed E-state index contributed by atoms with van der Waals surface area (Å²) in [5, 5.41) is 8.54. The molecule has 0 spiro atoms. The van der Waals surface area contributed by atoms with Gasteiger partial charge in [-0.05, 0) is 50.1 Å². The Morgan fingerprint density at radius 2 is 2.10 bits per heavy atom. The fraction of sp³-hybridized carbons (Fsp3) is 0.348. The van der Waals surface area contributed by atoms with E-state index in [-0.39, 0.29) is 37.4 Å². The standard InChI is InChI=1S/C23H28N4O3S/c1-4-17(3)24-21(28)10-11-27(14-19-9-6-12-30-19)22(29)20-15-31-23(26-20)25-18-8-5-7-16(2)13-18/h5-9,12-13,15,17H,4,10-11,14H2,1-3H3,(H,24,28)(H,25,26). The molecule has 8 heteroatoms. The lowest BCUT2D eigenvalue weighted by molar-refractivity contribution is -0.121. The monoisotopic (exact) mass is 440 g/mol. The van der Waals surface area contributed by atoms with Gasteiger partial charge in [0.15, 0.2) is 5.13 Å². The summed E-state index contributed by atoms with van der Waals surface area (Å²) in [7, 11) is 0. The molecule has 7 nitrogen and oxygen atoms in total. The summed E-state index contributed by atoms with van der Waals surface area (Å²) in [5.41, 5.74) is 2.40. The van der Waals surface area contributed by atoms with Gasteiger partial charge in [0.05, 0.1) is 12.8 Å². The number of nitrogens with zero attached hydrogens (tertiary/aromatic N) is 2. The molecular weight excluding hydrogens is 412 g/mol. The predicted molar refractivity (Wildman–Crippen MR) is 123 cm³/mol. The number of aryl methyl sites for hydroxylation is 1. The Kier molecular flexibility index (Phi) is 7.83. The first kappa shape index (κ1) is 22.6. The van der Waals surface area contributed by atoms with Gasteiger partial charge in [0.25, 0.3) is 5.91 Å². The lowest BCUT2D eigenvalue weighted by Gasteiger charge is -2.21. The lowest BCUT2D eigenvalue weighted by Crippen LogP contribution is -2.37. The molecule has 31 heavy (non-hydrogen) atoms. The van der Waals surface area contributed by atoms with Crippen LogP contribution in [0.25, 0.3) is 0 Å². The van der Waals surface area contributed by atoms with Crippen molar-refractivity contribution in [3.63, 3.8) is 0 Å². The molecule has 0 saturated heterocycles. The van der Waals surface area contributed by atoms with Crippen LogP contribution in [0.4, 0.5) is 10.8 Å². The third-order valence-corrected chi connectivity index (χ3v) is 5.59. The van der Waals surface area contributed by atoms with Crippen molar-refractivity contribution >= 4 is 34.0 Å². The second-order valence-electron chi connectivity index (χ2n) is 7.47. The van der Waals surface area contributed by atoms with Crippen molar-refractivity contribution in [1.82, 2.24) is 15.2 Å². The highest BCUT2D eigenvalue weighted by atomic mass is 32.1. The van der Waals surface area contributed by atoms with Crippen LogP contribution in [0.15, 0.2) is 52.5 Å². The first-order valence-corrected chi connectivity index (χ1v) is 11.2. The molecule has 0 fully saturated rings. The van der Waals surface area contributed by atoms with Crippen LogP contribution in [0.2, 0.25) is 0 Å². The summed E-state index contributed by atoms with van der Waals surface area (Å²) in [6.07, 6.45) is 2.64. The van der Waals surface area contributed by atoms with Gasteiger partial charge in [0.2, 0.25) is 5.91 Å². The number of benzene rings is 1. The molecular formula is C23H28N4O3S. The van der Waals surface area contributed by atoms with Crippen molar-refractivity contribution in [2.24, 2.45) is 0 Å². The smallest absolute Gasteiger partial charge is 0.273 e. The summed E-state index contributed by atoms with van der Waals surface area (Å²) < 4.78 is 5.41. The highest BCUT2D eigenvalue weighted by Gasteiger charge is 2.21. The van der Waals surface area contributed by atoms with Gasteiger partial charge in [-0.25, -0.2) is 4.98 Å². The number of thiazole rings is 1. The summed E-state index contributed by atoms with van der Waals surface area (Å²) in [6, 6.07) is 11.7. The SMILES string of the molecule is CCC(C)NC(=O)CCN(Cc1ccco1)C(=O)c1csc(Nc2cccc(C)c2)n1. The Hall–Kier alpha value is -3.13. The average Bonchev–Trinajstić information content (AvgIpc) is 3.42. The van der Waals surface area contributed by atoms with E-state index in [4.69, 9.17) is 4.42 Å². The van der Waals surface area contributed by atoms with Gasteiger partial charge in [0, 0.05) is 30.1 Å². The van der Waals surface area contributed by atoms with E-state index in [0.29, 0.717) is 16.6 Å². The maximum absolute atomic E-state index is 13.2. The van der Waals surface area contributed by atoms with Crippen LogP contribution in [-0.4, -0.2) is 34.3 Å². The van der Waals surface area contributed by atoms with Gasteiger partial charge < -0.3 is 20.0 Å². The Morgan fingerprint density at radius 3 is 2.81 bits per heavy atom. The molecule has 0 bridgehead atoms. The second kappa shape index (κ2) is 10.8. The summed E-state index contributed by atoms with van der Waals surface area (Å²) >= 11 is 1.37. The molecule has 2 amide bonds. The maximum Gasteiger partial charge on any atom is 0.273 e. The van der Waals surface area contributed by atoms with E-state index in [1.54, 1.807) is 22.6 Å². The van der Waals surface area contributed by atoms with Crippen LogP contribution >= 0.6 is 11.3 Å². The van der Waals surface area contributed by atoms with E-state index in [0.717, 1.165) is 17.7 Å². The zero-order valence-corrected chi connectivity index (χ0v) is 18.9. The third-order valence-electron chi connectivity index (χ3n) is 4.84. The van der Waals surface area contributed by atoms with Crippen LogP contribution in [0.5, 0.6) is 0 Å². The van der Waals surface area contributed by atoms with Crippen LogP contribution in [0.1, 0.15) is 48.5 Å². The van der Waals surface area contributed by atoms with E-state index in [1.807, 2.05) is 51.1 Å². The van der Waals surface area contributed by atoms with Crippen molar-refractivity contribution in [2.75, 3.05) is 11.9 Å². The summed E-state index contributed by atoms with van der Waals surface area (Å²) in [4.78, 5) is 31.4. The topological polar surface area (TPSA) is 87.5 Å². The molecule has 1 atom stereocenters. The Balaban J connectivity index is 1.68. The summed E-state index contributed by atoms with van der Waals surface area (Å²) in [5.74, 6) is 0.344. The minimum absolute atomic E-state index is 0.0772. The fourth-order valence-electron chi connectivity index (χ4n) is 2.97. The molecule has 2 aromatic heterocycles. The molecule has 0 aliphatic rings. The van der Waals surface area contributed by atoms with E-state index in [9.17, 15) is 9.59 Å². The number of anilines is 2. The molecule has 1 aromatic carbocycles. The lowest BCUT2D eigenvalue weighted by atomic mass is 10.2. The van der Waals surface area contributed by atoms with Crippen molar-refractivity contribution < 1.29 is 14.0 Å². The predicted octanol–water partition coefficient (Wildman–Crippen LogP) is 4.74. The normalized spacial score (nSPS) is 11.7. The molecule has 2 heterocycles. The number of amides is 2. The number of carbonyl (C=O) groups excluding carboxylic acids is 2.